The highest BCUT2D eigenvalue weighted by molar-refractivity contribution is 9.10. The number of methoxy groups -OCH3 is 1. The summed E-state index contributed by atoms with van der Waals surface area (Å²) in [6.07, 6.45) is 2.64. The third kappa shape index (κ3) is 4.59. The molecule has 3 nitrogen and oxygen atoms in total. The van der Waals surface area contributed by atoms with Crippen molar-refractivity contribution in [2.45, 2.75) is 32.1 Å². The van der Waals surface area contributed by atoms with Crippen LogP contribution >= 0.6 is 15.9 Å². The van der Waals surface area contributed by atoms with Crippen LogP contribution in [0.4, 0.5) is 0 Å². The Kier molecular flexibility index (Phi) is 6.30. The van der Waals surface area contributed by atoms with Crippen LogP contribution in [0, 0.1) is 0 Å². The van der Waals surface area contributed by atoms with E-state index in [2.05, 4.69) is 45.1 Å². The minimum Gasteiger partial charge on any atom is -0.488 e. The minimum atomic E-state index is 0.422. The molecule has 128 valence electrons. The number of hydrogen-bond acceptors (Lipinski definition) is 3. The number of hydrogen-bond donors (Lipinski definition) is 0. The van der Waals surface area contributed by atoms with Gasteiger partial charge in [-0.25, -0.2) is 0 Å². The monoisotopic (exact) mass is 389 g/mol. The van der Waals surface area contributed by atoms with Gasteiger partial charge in [0, 0.05) is 26.7 Å². The molecule has 24 heavy (non-hydrogen) atoms. The predicted octanol–water partition coefficient (Wildman–Crippen LogP) is 4.64. The first kappa shape index (κ1) is 17.5. The lowest BCUT2D eigenvalue weighted by molar-refractivity contribution is 0.0388. The van der Waals surface area contributed by atoms with Crippen LogP contribution in [0.15, 0.2) is 53.0 Å². The average molecular weight is 390 g/mol. The van der Waals surface area contributed by atoms with E-state index in [-0.39, 0.29) is 0 Å². The lowest BCUT2D eigenvalue weighted by atomic mass is 10.1. The summed E-state index contributed by atoms with van der Waals surface area (Å²) >= 11 is 3.73. The van der Waals surface area contributed by atoms with E-state index in [1.807, 2.05) is 31.4 Å². The molecule has 0 radical (unpaired) electrons. The normalized spacial score (nSPS) is 16.2. The zero-order valence-corrected chi connectivity index (χ0v) is 15.7. The molecule has 0 spiro atoms. The van der Waals surface area contributed by atoms with Crippen LogP contribution < -0.4 is 4.74 Å². The summed E-state index contributed by atoms with van der Waals surface area (Å²) in [5, 5.41) is 0. The number of rotatable bonds is 6. The summed E-state index contributed by atoms with van der Waals surface area (Å²) in [4.78, 5) is 2.48. The fourth-order valence-electron chi connectivity index (χ4n) is 3.07. The van der Waals surface area contributed by atoms with Crippen LogP contribution in [0.5, 0.6) is 5.75 Å². The number of benzene rings is 2. The second-order valence-electron chi connectivity index (χ2n) is 6.21. The zero-order chi connectivity index (χ0) is 16.8. The van der Waals surface area contributed by atoms with Crippen LogP contribution in [0.1, 0.15) is 24.0 Å². The van der Waals surface area contributed by atoms with Crippen molar-refractivity contribution in [1.29, 1.82) is 0 Å². The highest BCUT2D eigenvalue weighted by Crippen LogP contribution is 2.30. The van der Waals surface area contributed by atoms with E-state index in [9.17, 15) is 0 Å². The van der Waals surface area contributed by atoms with E-state index in [1.165, 1.54) is 11.1 Å². The molecule has 2 aromatic rings. The van der Waals surface area contributed by atoms with Crippen LogP contribution in [-0.2, 0) is 17.9 Å². The number of likely N-dealkylation sites (tertiary alicyclic amines) is 1. The Morgan fingerprint density at radius 1 is 1.04 bits per heavy atom. The molecule has 0 unspecified atom stereocenters. The Bertz CT molecular complexity index is 639. The molecule has 0 saturated carbocycles. The number of piperidine rings is 1. The quantitative estimate of drug-likeness (QED) is 0.718. The first-order valence-corrected chi connectivity index (χ1v) is 9.25. The Morgan fingerprint density at radius 3 is 2.50 bits per heavy atom. The van der Waals surface area contributed by atoms with Crippen molar-refractivity contribution in [3.05, 3.63) is 64.1 Å². The van der Waals surface area contributed by atoms with Crippen molar-refractivity contribution in [3.8, 4) is 5.75 Å². The van der Waals surface area contributed by atoms with Gasteiger partial charge in [0.05, 0.1) is 10.6 Å². The van der Waals surface area contributed by atoms with E-state index >= 15 is 0 Å². The van der Waals surface area contributed by atoms with Gasteiger partial charge in [-0.3, -0.25) is 4.90 Å². The molecule has 0 aliphatic carbocycles. The summed E-state index contributed by atoms with van der Waals surface area (Å²) in [5.41, 5.74) is 2.45. The summed E-state index contributed by atoms with van der Waals surface area (Å²) in [6.45, 7) is 3.70. The van der Waals surface area contributed by atoms with Gasteiger partial charge in [0.15, 0.2) is 0 Å². The Morgan fingerprint density at radius 2 is 1.79 bits per heavy atom. The second kappa shape index (κ2) is 8.65. The molecule has 1 aliphatic rings. The average Bonchev–Trinajstić information content (AvgIpc) is 2.64. The maximum absolute atomic E-state index is 6.00. The van der Waals surface area contributed by atoms with E-state index in [1.54, 1.807) is 0 Å². The Hall–Kier alpha value is -1.36. The van der Waals surface area contributed by atoms with Crippen molar-refractivity contribution in [3.63, 3.8) is 0 Å². The summed E-state index contributed by atoms with van der Waals surface area (Å²) in [6, 6.07) is 16.5. The van der Waals surface area contributed by atoms with E-state index < -0.39 is 0 Å². The highest BCUT2D eigenvalue weighted by atomic mass is 79.9. The zero-order valence-electron chi connectivity index (χ0n) is 14.1. The van der Waals surface area contributed by atoms with Gasteiger partial charge in [0.2, 0.25) is 0 Å². The molecule has 0 amide bonds. The van der Waals surface area contributed by atoms with E-state index in [0.717, 1.165) is 42.7 Å². The fraction of sp³-hybridized carbons (Fsp3) is 0.400. The topological polar surface area (TPSA) is 21.7 Å². The SMILES string of the molecule is COC1CCN(Cc2cccc(OCc3ccccc3)c2Br)CC1. The minimum absolute atomic E-state index is 0.422. The molecule has 1 fully saturated rings. The van der Waals surface area contributed by atoms with Crippen LogP contribution in [0.2, 0.25) is 0 Å². The molecular formula is C20H24BrNO2. The van der Waals surface area contributed by atoms with Gasteiger partial charge in [0.1, 0.15) is 12.4 Å². The third-order valence-electron chi connectivity index (χ3n) is 4.54. The molecule has 0 atom stereocenters. The lowest BCUT2D eigenvalue weighted by Crippen LogP contribution is -2.36. The van der Waals surface area contributed by atoms with Crippen molar-refractivity contribution in [2.24, 2.45) is 0 Å². The standard InChI is InChI=1S/C20H24BrNO2/c1-23-18-10-12-22(13-11-18)14-17-8-5-9-19(20(17)21)24-15-16-6-3-2-4-7-16/h2-9,18H,10-15H2,1H3. The van der Waals surface area contributed by atoms with Gasteiger partial charge >= 0.3 is 0 Å². The smallest absolute Gasteiger partial charge is 0.134 e. The fourth-order valence-corrected chi connectivity index (χ4v) is 3.57. The lowest BCUT2D eigenvalue weighted by Gasteiger charge is -2.31. The summed E-state index contributed by atoms with van der Waals surface area (Å²) in [7, 11) is 1.81. The summed E-state index contributed by atoms with van der Waals surface area (Å²) in [5.74, 6) is 0.906. The van der Waals surface area contributed by atoms with Crippen molar-refractivity contribution < 1.29 is 9.47 Å². The van der Waals surface area contributed by atoms with Crippen LogP contribution in [-0.4, -0.2) is 31.2 Å². The van der Waals surface area contributed by atoms with Gasteiger partial charge in [-0.05, 0) is 46.0 Å². The highest BCUT2D eigenvalue weighted by Gasteiger charge is 2.19. The van der Waals surface area contributed by atoms with Gasteiger partial charge in [-0.1, -0.05) is 42.5 Å². The maximum Gasteiger partial charge on any atom is 0.134 e. The van der Waals surface area contributed by atoms with Crippen molar-refractivity contribution in [2.75, 3.05) is 20.2 Å². The number of ether oxygens (including phenoxy) is 2. The number of nitrogens with zero attached hydrogens (tertiary/aromatic N) is 1. The second-order valence-corrected chi connectivity index (χ2v) is 7.01. The maximum atomic E-state index is 6.00. The molecule has 1 saturated heterocycles. The molecule has 0 bridgehead atoms. The first-order valence-electron chi connectivity index (χ1n) is 8.45. The van der Waals surface area contributed by atoms with E-state index in [4.69, 9.17) is 9.47 Å². The molecule has 2 aromatic carbocycles. The van der Waals surface area contributed by atoms with Gasteiger partial charge in [0.25, 0.3) is 0 Å². The molecule has 4 heteroatoms. The van der Waals surface area contributed by atoms with Gasteiger partial charge in [-0.2, -0.15) is 0 Å². The Labute approximate surface area is 152 Å². The molecule has 1 heterocycles. The molecular weight excluding hydrogens is 366 g/mol. The van der Waals surface area contributed by atoms with Crippen molar-refractivity contribution >= 4 is 15.9 Å². The third-order valence-corrected chi connectivity index (χ3v) is 5.44. The molecule has 0 N–H and O–H groups in total. The first-order chi connectivity index (χ1) is 11.8. The van der Waals surface area contributed by atoms with Gasteiger partial charge in [-0.15, -0.1) is 0 Å². The van der Waals surface area contributed by atoms with Crippen LogP contribution in [0.25, 0.3) is 0 Å². The van der Waals surface area contributed by atoms with Crippen molar-refractivity contribution in [1.82, 2.24) is 4.90 Å². The van der Waals surface area contributed by atoms with Gasteiger partial charge < -0.3 is 9.47 Å². The summed E-state index contributed by atoms with van der Waals surface area (Å²) < 4.78 is 12.5. The largest absolute Gasteiger partial charge is 0.488 e. The van der Waals surface area contributed by atoms with Crippen LogP contribution in [0.3, 0.4) is 0 Å². The molecule has 1 aliphatic heterocycles. The predicted molar refractivity (Wildman–Crippen MR) is 100 cm³/mol. The molecule has 0 aromatic heterocycles. The molecule has 3 rings (SSSR count). The Balaban J connectivity index is 1.61. The van der Waals surface area contributed by atoms with E-state index in [0.29, 0.717) is 12.7 Å². The number of halogens is 1.